The van der Waals surface area contributed by atoms with Gasteiger partial charge in [0.1, 0.15) is 17.5 Å². The van der Waals surface area contributed by atoms with Crippen molar-refractivity contribution in [3.05, 3.63) is 59.7 Å². The molecule has 7 heteroatoms. The van der Waals surface area contributed by atoms with E-state index in [1.54, 1.807) is 25.2 Å². The summed E-state index contributed by atoms with van der Waals surface area (Å²) in [5.74, 6) is 1.17. The van der Waals surface area contributed by atoms with Crippen LogP contribution in [0.1, 0.15) is 11.1 Å². The average Bonchev–Trinajstić information content (AvgIpc) is 2.73. The van der Waals surface area contributed by atoms with Crippen LogP contribution >= 0.6 is 22.6 Å². The fraction of sp³-hybridized carbons (Fsp3) is 0.333. The van der Waals surface area contributed by atoms with Crippen molar-refractivity contribution in [2.75, 3.05) is 18.6 Å². The predicted octanol–water partition coefficient (Wildman–Crippen LogP) is 2.58. The fourth-order valence-corrected chi connectivity index (χ4v) is 4.29. The Morgan fingerprint density at radius 3 is 2.54 bits per heavy atom. The minimum absolute atomic E-state index is 0.0420. The van der Waals surface area contributed by atoms with Crippen LogP contribution in [0.5, 0.6) is 11.5 Å². The van der Waals surface area contributed by atoms with Crippen LogP contribution in [0.2, 0.25) is 0 Å². The molecule has 0 spiro atoms. The van der Waals surface area contributed by atoms with Crippen molar-refractivity contribution in [1.29, 1.82) is 0 Å². The summed E-state index contributed by atoms with van der Waals surface area (Å²) in [5.41, 5.74) is 1.83. The zero-order valence-electron chi connectivity index (χ0n) is 15.9. The largest absolute Gasteiger partial charge is 0.497 e. The number of hydrogen-bond donors (Lipinski definition) is 1. The van der Waals surface area contributed by atoms with Gasteiger partial charge in [-0.1, -0.05) is 52.9 Å². The highest BCUT2D eigenvalue weighted by atomic mass is 127. The van der Waals surface area contributed by atoms with Crippen molar-refractivity contribution in [2.24, 2.45) is 0 Å². The first-order valence-electron chi connectivity index (χ1n) is 8.98. The van der Waals surface area contributed by atoms with Crippen LogP contribution in [0.15, 0.2) is 48.5 Å². The molecule has 2 atom stereocenters. The number of β-lactam (4-membered cyclic amide) rings is 1. The second kappa shape index (κ2) is 9.27. The third kappa shape index (κ3) is 4.40. The van der Waals surface area contributed by atoms with E-state index in [-0.39, 0.29) is 24.3 Å². The molecule has 2 amide bonds. The van der Waals surface area contributed by atoms with E-state index >= 15 is 0 Å². The molecule has 2 aromatic rings. The molecule has 0 aromatic heterocycles. The minimum Gasteiger partial charge on any atom is -0.497 e. The number of alkyl halides is 1. The third-order valence-electron chi connectivity index (χ3n) is 4.85. The molecule has 1 N–H and O–H groups in total. The lowest BCUT2D eigenvalue weighted by molar-refractivity contribution is -0.153. The number of carbonyl (C=O) groups is 2. The topological polar surface area (TPSA) is 67.9 Å². The fourth-order valence-electron chi connectivity index (χ4n) is 3.30. The van der Waals surface area contributed by atoms with Gasteiger partial charge in [0.25, 0.3) is 0 Å². The standard InChI is InChI=1S/C21H23IN2O4/c1-27-16-9-8-15(18(11-16)28-2)13-24-17(12-22)20(21(24)26)23-19(25)10-14-6-4-3-5-7-14/h3-9,11,17,20H,10,12-13H2,1-2H3,(H,23,25)/t17-,20+/m0/s1. The van der Waals surface area contributed by atoms with Gasteiger partial charge in [0.2, 0.25) is 11.8 Å². The van der Waals surface area contributed by atoms with Gasteiger partial charge >= 0.3 is 0 Å². The molecule has 28 heavy (non-hydrogen) atoms. The van der Waals surface area contributed by atoms with E-state index in [2.05, 4.69) is 27.9 Å². The van der Waals surface area contributed by atoms with Gasteiger partial charge in [0.05, 0.1) is 26.7 Å². The number of halogens is 1. The minimum atomic E-state index is -0.475. The van der Waals surface area contributed by atoms with E-state index in [1.165, 1.54) is 0 Å². The first-order chi connectivity index (χ1) is 13.6. The predicted molar refractivity (Wildman–Crippen MR) is 115 cm³/mol. The van der Waals surface area contributed by atoms with Crippen LogP contribution in [-0.2, 0) is 22.6 Å². The number of rotatable bonds is 8. The second-order valence-corrected chi connectivity index (χ2v) is 7.45. The molecule has 1 aliphatic rings. The lowest BCUT2D eigenvalue weighted by atomic mass is 9.95. The Morgan fingerprint density at radius 1 is 1.14 bits per heavy atom. The first-order valence-corrected chi connectivity index (χ1v) is 10.5. The second-order valence-electron chi connectivity index (χ2n) is 6.57. The quantitative estimate of drug-likeness (QED) is 0.348. The summed E-state index contributed by atoms with van der Waals surface area (Å²) in [6.45, 7) is 0.435. The van der Waals surface area contributed by atoms with Gasteiger partial charge in [-0.25, -0.2) is 0 Å². The molecule has 148 valence electrons. The molecular formula is C21H23IN2O4. The molecule has 0 unspecified atom stereocenters. The number of methoxy groups -OCH3 is 2. The van der Waals surface area contributed by atoms with Gasteiger partial charge < -0.3 is 19.7 Å². The molecule has 6 nitrogen and oxygen atoms in total. The molecule has 0 saturated carbocycles. The highest BCUT2D eigenvalue weighted by Crippen LogP contribution is 2.30. The number of nitrogens with one attached hydrogen (secondary N) is 1. The summed E-state index contributed by atoms with van der Waals surface area (Å²) in [6, 6.07) is 14.5. The molecule has 1 heterocycles. The zero-order chi connectivity index (χ0) is 20.1. The summed E-state index contributed by atoms with van der Waals surface area (Å²) in [5, 5.41) is 2.89. The van der Waals surface area contributed by atoms with Crippen LogP contribution in [-0.4, -0.2) is 47.4 Å². The molecular weight excluding hydrogens is 471 g/mol. The van der Waals surface area contributed by atoms with E-state index in [4.69, 9.17) is 9.47 Å². The van der Waals surface area contributed by atoms with E-state index in [0.717, 1.165) is 15.6 Å². The van der Waals surface area contributed by atoms with Gasteiger partial charge in [-0.05, 0) is 17.7 Å². The van der Waals surface area contributed by atoms with Gasteiger partial charge in [-0.15, -0.1) is 0 Å². The highest BCUT2D eigenvalue weighted by Gasteiger charge is 2.47. The Bertz CT molecular complexity index is 844. The molecule has 1 aliphatic heterocycles. The molecule has 1 saturated heterocycles. The lowest BCUT2D eigenvalue weighted by Crippen LogP contribution is -2.71. The summed E-state index contributed by atoms with van der Waals surface area (Å²) in [6.07, 6.45) is 0.269. The van der Waals surface area contributed by atoms with E-state index in [0.29, 0.717) is 18.0 Å². The summed E-state index contributed by atoms with van der Waals surface area (Å²) in [7, 11) is 3.20. The Kier molecular flexibility index (Phi) is 6.77. The molecule has 0 radical (unpaired) electrons. The molecule has 3 rings (SSSR count). The molecule has 0 aliphatic carbocycles. The van der Waals surface area contributed by atoms with E-state index in [9.17, 15) is 9.59 Å². The van der Waals surface area contributed by atoms with Gasteiger partial charge in [-0.2, -0.15) is 0 Å². The summed E-state index contributed by atoms with van der Waals surface area (Å²) >= 11 is 2.25. The van der Waals surface area contributed by atoms with Crippen LogP contribution in [0.25, 0.3) is 0 Å². The Balaban J connectivity index is 1.64. The molecule has 0 bridgehead atoms. The van der Waals surface area contributed by atoms with Crippen LogP contribution in [0.4, 0.5) is 0 Å². The summed E-state index contributed by atoms with van der Waals surface area (Å²) in [4.78, 5) is 26.8. The zero-order valence-corrected chi connectivity index (χ0v) is 18.0. The number of amides is 2. The Hall–Kier alpha value is -2.29. The van der Waals surface area contributed by atoms with Crippen LogP contribution < -0.4 is 14.8 Å². The number of hydrogen-bond acceptors (Lipinski definition) is 4. The number of nitrogens with zero attached hydrogens (tertiary/aromatic N) is 1. The smallest absolute Gasteiger partial charge is 0.247 e. The van der Waals surface area contributed by atoms with Crippen molar-refractivity contribution >= 4 is 34.4 Å². The van der Waals surface area contributed by atoms with E-state index < -0.39 is 6.04 Å². The average molecular weight is 494 g/mol. The van der Waals surface area contributed by atoms with Crippen LogP contribution in [0.3, 0.4) is 0 Å². The van der Waals surface area contributed by atoms with Crippen molar-refractivity contribution in [3.8, 4) is 11.5 Å². The maximum absolute atomic E-state index is 12.7. The van der Waals surface area contributed by atoms with Crippen molar-refractivity contribution in [2.45, 2.75) is 25.0 Å². The molecule has 1 fully saturated rings. The number of likely N-dealkylation sites (tertiary alicyclic amines) is 1. The van der Waals surface area contributed by atoms with Crippen molar-refractivity contribution < 1.29 is 19.1 Å². The van der Waals surface area contributed by atoms with Gasteiger partial charge in [-0.3, -0.25) is 9.59 Å². The number of benzene rings is 2. The Labute approximate surface area is 178 Å². The van der Waals surface area contributed by atoms with Gasteiger partial charge in [0.15, 0.2) is 0 Å². The van der Waals surface area contributed by atoms with Gasteiger partial charge in [0, 0.05) is 22.6 Å². The number of carbonyl (C=O) groups excluding carboxylic acids is 2. The maximum Gasteiger partial charge on any atom is 0.247 e. The van der Waals surface area contributed by atoms with Crippen molar-refractivity contribution in [1.82, 2.24) is 10.2 Å². The highest BCUT2D eigenvalue weighted by molar-refractivity contribution is 14.1. The van der Waals surface area contributed by atoms with E-state index in [1.807, 2.05) is 42.5 Å². The number of ether oxygens (including phenoxy) is 2. The summed E-state index contributed by atoms with van der Waals surface area (Å²) < 4.78 is 11.4. The first kappa shape index (κ1) is 20.4. The lowest BCUT2D eigenvalue weighted by Gasteiger charge is -2.46. The molecule has 2 aromatic carbocycles. The van der Waals surface area contributed by atoms with Crippen molar-refractivity contribution in [3.63, 3.8) is 0 Å². The normalized spacial score (nSPS) is 18.4. The Morgan fingerprint density at radius 2 is 1.89 bits per heavy atom. The maximum atomic E-state index is 12.7. The third-order valence-corrected chi connectivity index (χ3v) is 5.75. The van der Waals surface area contributed by atoms with Crippen LogP contribution in [0, 0.1) is 0 Å². The SMILES string of the molecule is COc1ccc(CN2C(=O)[C@H](NC(=O)Cc3ccccc3)[C@@H]2CI)c(OC)c1. The monoisotopic (exact) mass is 494 g/mol.